The van der Waals surface area contributed by atoms with Crippen LogP contribution in [0.2, 0.25) is 0 Å². The maximum absolute atomic E-state index is 12.7. The first-order valence-corrected chi connectivity index (χ1v) is 10.3. The van der Waals surface area contributed by atoms with Crippen molar-refractivity contribution in [2.45, 2.75) is 11.5 Å². The molecule has 0 amide bonds. The molecule has 2 aromatic carbocycles. The van der Waals surface area contributed by atoms with Gasteiger partial charge in [0, 0.05) is 18.5 Å². The second-order valence-corrected chi connectivity index (χ2v) is 8.33. The maximum atomic E-state index is 12.7. The van der Waals surface area contributed by atoms with Crippen molar-refractivity contribution < 1.29 is 27.1 Å². The fraction of sp³-hybridized carbons (Fsp3) is 0.250. The van der Waals surface area contributed by atoms with Gasteiger partial charge in [0.2, 0.25) is 15.8 Å². The third-order valence-corrected chi connectivity index (χ3v) is 6.40. The predicted octanol–water partition coefficient (Wildman–Crippen LogP) is 2.81. The van der Waals surface area contributed by atoms with E-state index >= 15 is 0 Å². The Balaban J connectivity index is 1.46. The molecule has 1 fully saturated rings. The highest BCUT2D eigenvalue weighted by Gasteiger charge is 2.26. The van der Waals surface area contributed by atoms with E-state index in [-0.39, 0.29) is 17.3 Å². The Morgan fingerprint density at radius 3 is 2.61 bits per heavy atom. The Morgan fingerprint density at radius 1 is 1.04 bits per heavy atom. The van der Waals surface area contributed by atoms with Gasteiger partial charge in [0.25, 0.3) is 0 Å². The maximum Gasteiger partial charge on any atom is 0.374 e. The van der Waals surface area contributed by atoms with Crippen LogP contribution in [-0.2, 0) is 26.1 Å². The van der Waals surface area contributed by atoms with Crippen LogP contribution in [0, 0.1) is 0 Å². The molecular weight excluding hydrogens is 382 g/mol. The summed E-state index contributed by atoms with van der Waals surface area (Å²) in [6.45, 7) is 1.37. The minimum absolute atomic E-state index is 0.0532. The monoisotopic (exact) mass is 401 g/mol. The van der Waals surface area contributed by atoms with Crippen LogP contribution in [0.4, 0.5) is 0 Å². The molecule has 0 atom stereocenters. The smallest absolute Gasteiger partial charge is 0.374 e. The number of para-hydroxylation sites is 1. The molecule has 28 heavy (non-hydrogen) atoms. The summed E-state index contributed by atoms with van der Waals surface area (Å²) in [6, 6.07) is 15.3. The molecule has 2 heterocycles. The first kappa shape index (κ1) is 18.7. The number of ether oxygens (including phenoxy) is 2. The molecule has 1 aliphatic rings. The number of carbonyl (C=O) groups is 1. The van der Waals surface area contributed by atoms with Crippen molar-refractivity contribution in [3.8, 4) is 0 Å². The SMILES string of the molecule is O=C(OCc1cccc(S(=O)(=O)N2CCOCC2)c1)c1cc2ccccc2o1. The van der Waals surface area contributed by atoms with Crippen LogP contribution >= 0.6 is 0 Å². The van der Waals surface area contributed by atoms with Crippen LogP contribution in [0.25, 0.3) is 11.0 Å². The van der Waals surface area contributed by atoms with Crippen molar-refractivity contribution in [2.24, 2.45) is 0 Å². The number of carbonyl (C=O) groups excluding carboxylic acids is 1. The lowest BCUT2D eigenvalue weighted by molar-refractivity contribution is 0.0438. The topological polar surface area (TPSA) is 86.1 Å². The first-order valence-electron chi connectivity index (χ1n) is 8.86. The number of sulfonamides is 1. The molecule has 0 spiro atoms. The molecule has 4 rings (SSSR count). The molecule has 146 valence electrons. The molecule has 1 aliphatic heterocycles. The summed E-state index contributed by atoms with van der Waals surface area (Å²) < 4.78 is 42.9. The lowest BCUT2D eigenvalue weighted by Crippen LogP contribution is -2.40. The van der Waals surface area contributed by atoms with Crippen LogP contribution in [0.3, 0.4) is 0 Å². The fourth-order valence-corrected chi connectivity index (χ4v) is 4.51. The number of fused-ring (bicyclic) bond motifs is 1. The van der Waals surface area contributed by atoms with Crippen molar-refractivity contribution in [1.82, 2.24) is 4.31 Å². The lowest BCUT2D eigenvalue weighted by Gasteiger charge is -2.26. The number of nitrogens with zero attached hydrogens (tertiary/aromatic N) is 1. The highest BCUT2D eigenvalue weighted by atomic mass is 32.2. The fourth-order valence-electron chi connectivity index (χ4n) is 3.03. The number of benzene rings is 2. The van der Waals surface area contributed by atoms with Crippen molar-refractivity contribution in [3.05, 3.63) is 65.9 Å². The summed E-state index contributed by atoms with van der Waals surface area (Å²) in [5.41, 5.74) is 1.19. The average Bonchev–Trinajstić information content (AvgIpc) is 3.17. The molecule has 0 saturated carbocycles. The van der Waals surface area contributed by atoms with Crippen molar-refractivity contribution in [1.29, 1.82) is 0 Å². The Labute approximate surface area is 162 Å². The standard InChI is InChI=1S/C20H19NO6S/c22-20(19-13-16-5-1-2-7-18(16)27-19)26-14-15-4-3-6-17(12-15)28(23,24)21-8-10-25-11-9-21/h1-7,12-13H,8-11,14H2. The van der Waals surface area contributed by atoms with Gasteiger partial charge in [-0.2, -0.15) is 4.31 Å². The molecule has 8 heteroatoms. The van der Waals surface area contributed by atoms with Gasteiger partial charge in [0.15, 0.2) is 0 Å². The third kappa shape index (κ3) is 3.80. The second-order valence-electron chi connectivity index (χ2n) is 6.39. The summed E-state index contributed by atoms with van der Waals surface area (Å²) in [6.07, 6.45) is 0. The summed E-state index contributed by atoms with van der Waals surface area (Å²) >= 11 is 0. The molecule has 3 aromatic rings. The van der Waals surface area contributed by atoms with E-state index < -0.39 is 16.0 Å². The molecule has 1 aromatic heterocycles. The van der Waals surface area contributed by atoms with Gasteiger partial charge in [0.1, 0.15) is 12.2 Å². The van der Waals surface area contributed by atoms with E-state index in [1.807, 2.05) is 18.2 Å². The molecule has 0 unspecified atom stereocenters. The van der Waals surface area contributed by atoms with Gasteiger partial charge in [0.05, 0.1) is 18.1 Å². The molecule has 1 saturated heterocycles. The Bertz CT molecular complexity index is 1070. The zero-order valence-corrected chi connectivity index (χ0v) is 15.9. The summed E-state index contributed by atoms with van der Waals surface area (Å²) in [5.74, 6) is -0.490. The highest BCUT2D eigenvalue weighted by Crippen LogP contribution is 2.21. The second kappa shape index (κ2) is 7.75. The zero-order valence-electron chi connectivity index (χ0n) is 15.0. The minimum Gasteiger partial charge on any atom is -0.455 e. The van der Waals surface area contributed by atoms with Crippen molar-refractivity contribution in [3.63, 3.8) is 0 Å². The van der Waals surface area contributed by atoms with E-state index in [1.54, 1.807) is 24.3 Å². The first-order chi connectivity index (χ1) is 13.5. The summed E-state index contributed by atoms with van der Waals surface area (Å²) in [4.78, 5) is 12.4. The Kier molecular flexibility index (Phi) is 5.17. The molecule has 0 bridgehead atoms. The number of morpholine rings is 1. The van der Waals surface area contributed by atoms with Gasteiger partial charge in [-0.05, 0) is 29.8 Å². The van der Waals surface area contributed by atoms with Crippen LogP contribution in [0.1, 0.15) is 16.1 Å². The largest absolute Gasteiger partial charge is 0.455 e. The van der Waals surface area contributed by atoms with E-state index in [9.17, 15) is 13.2 Å². The number of esters is 1. The highest BCUT2D eigenvalue weighted by molar-refractivity contribution is 7.89. The lowest BCUT2D eigenvalue weighted by atomic mass is 10.2. The van der Waals surface area contributed by atoms with Gasteiger partial charge in [-0.15, -0.1) is 0 Å². The van der Waals surface area contributed by atoms with E-state index in [2.05, 4.69) is 0 Å². The van der Waals surface area contributed by atoms with Gasteiger partial charge in [-0.25, -0.2) is 13.2 Å². The zero-order chi connectivity index (χ0) is 19.6. The van der Waals surface area contributed by atoms with Crippen LogP contribution < -0.4 is 0 Å². The molecule has 0 N–H and O–H groups in total. The quantitative estimate of drug-likeness (QED) is 0.611. The van der Waals surface area contributed by atoms with E-state index in [4.69, 9.17) is 13.9 Å². The molecule has 0 aliphatic carbocycles. The summed E-state index contributed by atoms with van der Waals surface area (Å²) in [5, 5.41) is 0.813. The van der Waals surface area contributed by atoms with Crippen molar-refractivity contribution >= 4 is 27.0 Å². The number of rotatable bonds is 5. The number of furan rings is 1. The van der Waals surface area contributed by atoms with Gasteiger partial charge in [-0.1, -0.05) is 30.3 Å². The van der Waals surface area contributed by atoms with Crippen LogP contribution in [0.15, 0.2) is 63.9 Å². The predicted molar refractivity (Wildman–Crippen MR) is 101 cm³/mol. The van der Waals surface area contributed by atoms with Gasteiger partial charge >= 0.3 is 5.97 Å². The summed E-state index contributed by atoms with van der Waals surface area (Å²) in [7, 11) is -3.60. The van der Waals surface area contributed by atoms with Gasteiger partial charge < -0.3 is 13.9 Å². The number of hydrogen-bond acceptors (Lipinski definition) is 6. The van der Waals surface area contributed by atoms with Gasteiger partial charge in [-0.3, -0.25) is 0 Å². The van der Waals surface area contributed by atoms with E-state index in [0.29, 0.717) is 37.4 Å². The van der Waals surface area contributed by atoms with Crippen LogP contribution in [0.5, 0.6) is 0 Å². The molecule has 7 nitrogen and oxygen atoms in total. The molecule has 0 radical (unpaired) electrons. The number of hydrogen-bond donors (Lipinski definition) is 0. The normalized spacial score (nSPS) is 15.6. The Hall–Kier alpha value is -2.68. The Morgan fingerprint density at radius 2 is 1.82 bits per heavy atom. The van der Waals surface area contributed by atoms with Crippen molar-refractivity contribution in [2.75, 3.05) is 26.3 Å². The molecular formula is C20H19NO6S. The third-order valence-electron chi connectivity index (χ3n) is 4.50. The average molecular weight is 401 g/mol. The van der Waals surface area contributed by atoms with Crippen LogP contribution in [-0.4, -0.2) is 45.0 Å². The van der Waals surface area contributed by atoms with E-state index in [0.717, 1.165) is 5.39 Å². The van der Waals surface area contributed by atoms with E-state index in [1.165, 1.54) is 16.4 Å². The minimum atomic E-state index is -3.60.